The highest BCUT2D eigenvalue weighted by molar-refractivity contribution is 5.80. The number of para-hydroxylation sites is 2. The van der Waals surface area contributed by atoms with Crippen molar-refractivity contribution < 1.29 is 9.90 Å². The van der Waals surface area contributed by atoms with Crippen LogP contribution in [0.5, 0.6) is 0 Å². The summed E-state index contributed by atoms with van der Waals surface area (Å²) in [5, 5.41) is 12.7. The molecule has 2 heterocycles. The minimum atomic E-state index is -0.758. The Morgan fingerprint density at radius 2 is 1.86 bits per heavy atom. The van der Waals surface area contributed by atoms with E-state index in [2.05, 4.69) is 10.2 Å². The van der Waals surface area contributed by atoms with Crippen molar-refractivity contribution in [1.82, 2.24) is 14.9 Å². The average molecular weight is 383 g/mol. The normalized spacial score (nSPS) is 22.3. The minimum Gasteiger partial charge on any atom is -0.480 e. The molecule has 2 aromatic rings. The predicted octanol–water partition coefficient (Wildman–Crippen LogP) is 2.97. The molecule has 1 aliphatic carbocycles. The molecule has 4 rings (SSSR count). The van der Waals surface area contributed by atoms with Crippen LogP contribution in [0.25, 0.3) is 11.0 Å². The number of piperidine rings is 1. The molecular weight excluding hydrogens is 354 g/mol. The number of carboxylic acid groups (broad SMARTS) is 1. The molecule has 0 spiro atoms. The number of hydrogen-bond donors (Lipinski definition) is 2. The van der Waals surface area contributed by atoms with Gasteiger partial charge >= 0.3 is 5.97 Å². The van der Waals surface area contributed by atoms with Gasteiger partial charge in [0.05, 0.1) is 17.6 Å². The van der Waals surface area contributed by atoms with E-state index in [0.29, 0.717) is 12.1 Å². The van der Waals surface area contributed by atoms with Gasteiger partial charge in [-0.2, -0.15) is 0 Å². The van der Waals surface area contributed by atoms with Crippen molar-refractivity contribution >= 4 is 28.6 Å². The first-order valence-corrected chi connectivity index (χ1v) is 10.4. The second kappa shape index (κ2) is 8.31. The Kier molecular flexibility index (Phi) is 5.62. The number of likely N-dealkylation sites (N-methyl/N-ethyl adjacent to an activating group) is 1. The summed E-state index contributed by atoms with van der Waals surface area (Å²) in [5.74, 6) is 1.07. The second-order valence-electron chi connectivity index (χ2n) is 7.86. The van der Waals surface area contributed by atoms with E-state index in [4.69, 9.17) is 15.1 Å². The van der Waals surface area contributed by atoms with Gasteiger partial charge in [0, 0.05) is 25.2 Å². The summed E-state index contributed by atoms with van der Waals surface area (Å²) < 4.78 is 0. The summed E-state index contributed by atoms with van der Waals surface area (Å²) in [6.07, 6.45) is 5.55. The summed E-state index contributed by atoms with van der Waals surface area (Å²) in [6.45, 7) is 4.95. The number of aliphatic carboxylic acids is 1. The van der Waals surface area contributed by atoms with Gasteiger partial charge < -0.3 is 15.3 Å². The van der Waals surface area contributed by atoms with Gasteiger partial charge in [0.2, 0.25) is 0 Å². The monoisotopic (exact) mass is 383 g/mol. The van der Waals surface area contributed by atoms with Gasteiger partial charge in [0.1, 0.15) is 0 Å². The molecule has 0 bridgehead atoms. The third-order valence-electron chi connectivity index (χ3n) is 5.92. The van der Waals surface area contributed by atoms with Crippen LogP contribution in [0, 0.1) is 0 Å². The van der Waals surface area contributed by atoms with E-state index in [1.165, 1.54) is 19.3 Å². The van der Waals surface area contributed by atoms with Crippen molar-refractivity contribution in [3.05, 3.63) is 24.3 Å². The highest BCUT2D eigenvalue weighted by Crippen LogP contribution is 2.33. The molecular formula is C21H29N5O2. The van der Waals surface area contributed by atoms with Crippen molar-refractivity contribution in [3.8, 4) is 0 Å². The summed E-state index contributed by atoms with van der Waals surface area (Å²) in [7, 11) is 0. The van der Waals surface area contributed by atoms with Crippen LogP contribution in [0.3, 0.4) is 0 Å². The molecule has 0 unspecified atom stereocenters. The van der Waals surface area contributed by atoms with Crippen molar-refractivity contribution in [2.75, 3.05) is 36.4 Å². The number of carbonyl (C=O) groups is 1. The van der Waals surface area contributed by atoms with Gasteiger partial charge in [-0.15, -0.1) is 0 Å². The van der Waals surface area contributed by atoms with Crippen LogP contribution in [0.2, 0.25) is 0 Å². The smallest absolute Gasteiger partial charge is 0.317 e. The number of nitrogens with one attached hydrogen (secondary N) is 1. The van der Waals surface area contributed by atoms with Gasteiger partial charge in [-0.1, -0.05) is 19.1 Å². The predicted molar refractivity (Wildman–Crippen MR) is 111 cm³/mol. The number of aromatic nitrogens is 2. The number of rotatable bonds is 7. The van der Waals surface area contributed by atoms with E-state index < -0.39 is 5.97 Å². The summed E-state index contributed by atoms with van der Waals surface area (Å²) >= 11 is 0. The zero-order valence-electron chi connectivity index (χ0n) is 16.5. The number of hydrogen-bond acceptors (Lipinski definition) is 6. The highest BCUT2D eigenvalue weighted by atomic mass is 16.4. The van der Waals surface area contributed by atoms with Crippen molar-refractivity contribution in [1.29, 1.82) is 0 Å². The Bertz CT molecular complexity index is 831. The van der Waals surface area contributed by atoms with E-state index in [0.717, 1.165) is 55.1 Å². The van der Waals surface area contributed by atoms with Crippen LogP contribution in [0.4, 0.5) is 11.6 Å². The zero-order valence-corrected chi connectivity index (χ0v) is 16.5. The lowest BCUT2D eigenvalue weighted by molar-refractivity contribution is -0.139. The number of fused-ring (bicyclic) bond motifs is 1. The molecule has 2 fully saturated rings. The van der Waals surface area contributed by atoms with E-state index in [-0.39, 0.29) is 6.54 Å². The molecule has 1 aromatic heterocycles. The van der Waals surface area contributed by atoms with Gasteiger partial charge in [0.25, 0.3) is 0 Å². The topological polar surface area (TPSA) is 81.6 Å². The van der Waals surface area contributed by atoms with Crippen LogP contribution in [-0.4, -0.2) is 64.2 Å². The molecule has 0 atom stereocenters. The molecule has 1 saturated carbocycles. The Hall–Kier alpha value is -2.41. The molecule has 28 heavy (non-hydrogen) atoms. The minimum absolute atomic E-state index is 0.114. The third-order valence-corrected chi connectivity index (χ3v) is 5.92. The number of carboxylic acids is 1. The lowest BCUT2D eigenvalue weighted by atomic mass is 9.85. The quantitative estimate of drug-likeness (QED) is 0.761. The Morgan fingerprint density at radius 1 is 1.18 bits per heavy atom. The van der Waals surface area contributed by atoms with Crippen molar-refractivity contribution in [2.24, 2.45) is 0 Å². The molecule has 1 aromatic carbocycles. The molecule has 150 valence electrons. The second-order valence-corrected chi connectivity index (χ2v) is 7.86. The maximum absolute atomic E-state index is 11.0. The van der Waals surface area contributed by atoms with Crippen LogP contribution < -0.4 is 10.2 Å². The Labute approximate surface area is 165 Å². The molecule has 0 radical (unpaired) electrons. The molecule has 7 heteroatoms. The number of benzene rings is 1. The van der Waals surface area contributed by atoms with Crippen LogP contribution >= 0.6 is 0 Å². The zero-order chi connectivity index (χ0) is 19.5. The van der Waals surface area contributed by atoms with Gasteiger partial charge in [-0.05, 0) is 50.8 Å². The van der Waals surface area contributed by atoms with Crippen LogP contribution in [0.15, 0.2) is 24.3 Å². The fourth-order valence-electron chi connectivity index (χ4n) is 4.28. The maximum Gasteiger partial charge on any atom is 0.317 e. The molecule has 2 N–H and O–H groups in total. The van der Waals surface area contributed by atoms with E-state index in [1.54, 1.807) is 0 Å². The standard InChI is InChI=1S/C21H29N5O2/c1-2-25(14-19(27)28)16-12-15(13-16)22-20-21(26-10-6-3-7-11-26)24-18-9-5-4-8-17(18)23-20/h4-5,8-9,15-16H,2-3,6-7,10-14H2,1H3,(H,22,23)(H,27,28). The maximum atomic E-state index is 11.0. The molecule has 2 aliphatic rings. The van der Waals surface area contributed by atoms with Crippen LogP contribution in [-0.2, 0) is 4.79 Å². The number of nitrogens with zero attached hydrogens (tertiary/aromatic N) is 4. The third kappa shape index (κ3) is 4.04. The van der Waals surface area contributed by atoms with Gasteiger partial charge in [0.15, 0.2) is 11.6 Å². The molecule has 1 aliphatic heterocycles. The summed E-state index contributed by atoms with van der Waals surface area (Å²) in [4.78, 5) is 25.3. The van der Waals surface area contributed by atoms with Crippen LogP contribution in [0.1, 0.15) is 39.0 Å². The van der Waals surface area contributed by atoms with E-state index in [9.17, 15) is 4.79 Å². The van der Waals surface area contributed by atoms with E-state index in [1.807, 2.05) is 36.1 Å². The first kappa shape index (κ1) is 18.9. The fraction of sp³-hybridized carbons (Fsp3) is 0.571. The largest absolute Gasteiger partial charge is 0.480 e. The van der Waals surface area contributed by atoms with Crippen molar-refractivity contribution in [3.63, 3.8) is 0 Å². The van der Waals surface area contributed by atoms with Crippen molar-refractivity contribution in [2.45, 2.75) is 51.1 Å². The molecule has 0 amide bonds. The summed E-state index contributed by atoms with van der Waals surface area (Å²) in [5.41, 5.74) is 1.83. The fourth-order valence-corrected chi connectivity index (χ4v) is 4.28. The van der Waals surface area contributed by atoms with Gasteiger partial charge in [-0.25, -0.2) is 9.97 Å². The Balaban J connectivity index is 1.51. The number of anilines is 2. The summed E-state index contributed by atoms with van der Waals surface area (Å²) in [6, 6.07) is 8.65. The lowest BCUT2D eigenvalue weighted by Crippen LogP contribution is -2.51. The first-order valence-electron chi connectivity index (χ1n) is 10.4. The molecule has 1 saturated heterocycles. The highest BCUT2D eigenvalue weighted by Gasteiger charge is 2.34. The van der Waals surface area contributed by atoms with Gasteiger partial charge in [-0.3, -0.25) is 9.69 Å². The van der Waals surface area contributed by atoms with E-state index >= 15 is 0 Å². The molecule has 7 nitrogen and oxygen atoms in total. The first-order chi connectivity index (χ1) is 13.6. The lowest BCUT2D eigenvalue weighted by Gasteiger charge is -2.42. The Morgan fingerprint density at radius 3 is 2.50 bits per heavy atom. The SMILES string of the molecule is CCN(CC(=O)O)C1CC(Nc2nc3ccccc3nc2N2CCCCC2)C1. The average Bonchev–Trinajstić information content (AvgIpc) is 2.68.